The van der Waals surface area contributed by atoms with E-state index < -0.39 is 15.6 Å². The molecule has 8 nitrogen and oxygen atoms in total. The van der Waals surface area contributed by atoms with Crippen LogP contribution in [0.15, 0.2) is 78.5 Å². The van der Waals surface area contributed by atoms with Gasteiger partial charge in [-0.2, -0.15) is 0 Å². The molecule has 0 atom stereocenters. The van der Waals surface area contributed by atoms with Crippen LogP contribution in [-0.4, -0.2) is 39.7 Å². The van der Waals surface area contributed by atoms with E-state index in [1.165, 1.54) is 6.26 Å². The van der Waals surface area contributed by atoms with E-state index in [4.69, 9.17) is 15.7 Å². The van der Waals surface area contributed by atoms with Crippen molar-refractivity contribution in [2.24, 2.45) is 0 Å². The molecule has 0 bridgehead atoms. The van der Waals surface area contributed by atoms with Gasteiger partial charge in [-0.25, -0.2) is 28.1 Å². The minimum Gasteiger partial charge on any atom is -0.383 e. The fourth-order valence-electron chi connectivity index (χ4n) is 5.37. The highest BCUT2D eigenvalue weighted by molar-refractivity contribution is 7.88. The highest BCUT2D eigenvalue weighted by Gasteiger charge is 2.42. The van der Waals surface area contributed by atoms with E-state index in [1.807, 2.05) is 54.6 Å². The lowest BCUT2D eigenvalue weighted by Gasteiger charge is -2.44. The minimum absolute atomic E-state index is 0.403. The first kappa shape index (κ1) is 23.6. The first-order valence-electron chi connectivity index (χ1n) is 12.4. The monoisotopic (exact) mass is 512 g/mol. The summed E-state index contributed by atoms with van der Waals surface area (Å²) >= 11 is 0. The van der Waals surface area contributed by atoms with Crippen LogP contribution in [-0.2, 0) is 10.0 Å². The average molecular weight is 513 g/mol. The van der Waals surface area contributed by atoms with Crippen LogP contribution in [0.25, 0.3) is 39.5 Å². The van der Waals surface area contributed by atoms with Crippen molar-refractivity contribution in [1.29, 1.82) is 0 Å². The maximum atomic E-state index is 12.1. The Labute approximate surface area is 216 Å². The lowest BCUT2D eigenvalue weighted by atomic mass is 9.70. The molecule has 2 aliphatic carbocycles. The van der Waals surface area contributed by atoms with Crippen molar-refractivity contribution in [2.75, 3.05) is 12.0 Å². The smallest absolute Gasteiger partial charge is 0.209 e. The maximum Gasteiger partial charge on any atom is 0.209 e. The minimum atomic E-state index is -3.31. The van der Waals surface area contributed by atoms with Gasteiger partial charge in [0.15, 0.2) is 5.65 Å². The number of hydrogen-bond acceptors (Lipinski definition) is 6. The van der Waals surface area contributed by atoms with E-state index in [0.717, 1.165) is 71.4 Å². The van der Waals surface area contributed by atoms with Gasteiger partial charge >= 0.3 is 0 Å². The van der Waals surface area contributed by atoms with Crippen molar-refractivity contribution in [3.8, 4) is 22.6 Å². The van der Waals surface area contributed by atoms with E-state index in [0.29, 0.717) is 11.6 Å². The Morgan fingerprint density at radius 2 is 1.78 bits per heavy atom. The number of aromatic nitrogens is 4. The first-order valence-corrected chi connectivity index (χ1v) is 14.3. The highest BCUT2D eigenvalue weighted by Crippen LogP contribution is 2.43. The molecular formula is C28H28N6O2S. The molecule has 37 heavy (non-hydrogen) atoms. The number of nitrogens with zero attached hydrogens (tertiary/aromatic N) is 4. The molecule has 6 rings (SSSR count). The Bertz CT molecular complexity index is 1670. The molecule has 1 aromatic carbocycles. The number of hydrogen-bond donors (Lipinski definition) is 2. The van der Waals surface area contributed by atoms with E-state index >= 15 is 0 Å². The van der Waals surface area contributed by atoms with Gasteiger partial charge in [0.2, 0.25) is 10.0 Å². The molecule has 0 unspecified atom stereocenters. The van der Waals surface area contributed by atoms with E-state index in [2.05, 4.69) is 26.4 Å². The van der Waals surface area contributed by atoms with Crippen molar-refractivity contribution in [3.05, 3.63) is 78.5 Å². The number of pyridine rings is 2. The third kappa shape index (κ3) is 4.34. The van der Waals surface area contributed by atoms with Gasteiger partial charge in [-0.15, -0.1) is 0 Å². The van der Waals surface area contributed by atoms with Gasteiger partial charge in [0.25, 0.3) is 0 Å². The van der Waals surface area contributed by atoms with Crippen LogP contribution in [0.2, 0.25) is 0 Å². The van der Waals surface area contributed by atoms with Crippen LogP contribution in [0.3, 0.4) is 0 Å². The molecule has 188 valence electrons. The number of rotatable bonds is 6. The number of fused-ring (bicyclic) bond motifs is 1. The SMILES string of the molecule is CS(=O)(=O)NC1(C2=CC=C(n3c(-c4cccnc4N)nc4ccc(-c5ccccc5)nc43)CC2)CCC1. The largest absolute Gasteiger partial charge is 0.383 e. The van der Waals surface area contributed by atoms with E-state index in [-0.39, 0.29) is 0 Å². The molecule has 3 aromatic heterocycles. The fraction of sp³-hybridized carbons (Fsp3) is 0.250. The third-order valence-electron chi connectivity index (χ3n) is 7.27. The summed E-state index contributed by atoms with van der Waals surface area (Å²) in [5, 5.41) is 0. The normalized spacial score (nSPS) is 17.2. The number of imidazole rings is 1. The summed E-state index contributed by atoms with van der Waals surface area (Å²) in [4.78, 5) is 14.2. The lowest BCUT2D eigenvalue weighted by molar-refractivity contribution is 0.262. The van der Waals surface area contributed by atoms with Crippen LogP contribution in [0.1, 0.15) is 32.1 Å². The number of nitrogens with one attached hydrogen (secondary N) is 1. The van der Waals surface area contributed by atoms with Crippen molar-refractivity contribution in [1.82, 2.24) is 24.2 Å². The molecule has 3 heterocycles. The third-order valence-corrected chi connectivity index (χ3v) is 8.03. The first-order chi connectivity index (χ1) is 17.8. The second-order valence-electron chi connectivity index (χ2n) is 9.77. The van der Waals surface area contributed by atoms with Crippen LogP contribution < -0.4 is 10.5 Å². The van der Waals surface area contributed by atoms with Gasteiger partial charge in [-0.1, -0.05) is 36.4 Å². The Kier molecular flexibility index (Phi) is 5.69. The molecular weight excluding hydrogens is 484 g/mol. The number of allylic oxidation sites excluding steroid dienone is 3. The molecule has 9 heteroatoms. The van der Waals surface area contributed by atoms with Gasteiger partial charge in [0.1, 0.15) is 17.2 Å². The Hall–Kier alpha value is -3.82. The second kappa shape index (κ2) is 8.93. The quantitative estimate of drug-likeness (QED) is 0.384. The van der Waals surface area contributed by atoms with Crippen molar-refractivity contribution < 1.29 is 8.42 Å². The van der Waals surface area contributed by atoms with Crippen LogP contribution >= 0.6 is 0 Å². The van der Waals surface area contributed by atoms with Crippen molar-refractivity contribution in [2.45, 2.75) is 37.6 Å². The maximum absolute atomic E-state index is 12.1. The molecule has 3 N–H and O–H groups in total. The Morgan fingerprint density at radius 1 is 0.973 bits per heavy atom. The topological polar surface area (TPSA) is 116 Å². The summed E-state index contributed by atoms with van der Waals surface area (Å²) in [5.41, 5.74) is 12.1. The van der Waals surface area contributed by atoms with Crippen molar-refractivity contribution >= 4 is 32.7 Å². The number of benzene rings is 1. The molecule has 2 aliphatic rings. The van der Waals surface area contributed by atoms with Crippen molar-refractivity contribution in [3.63, 3.8) is 0 Å². The number of nitrogen functional groups attached to an aromatic ring is 1. The van der Waals surface area contributed by atoms with Gasteiger partial charge in [0.05, 0.1) is 23.1 Å². The molecule has 1 saturated carbocycles. The zero-order valence-corrected chi connectivity index (χ0v) is 21.4. The van der Waals surface area contributed by atoms with Crippen LogP contribution in [0, 0.1) is 0 Å². The summed E-state index contributed by atoms with van der Waals surface area (Å²) in [6.45, 7) is 0. The summed E-state index contributed by atoms with van der Waals surface area (Å²) in [6.07, 6.45) is 11.2. The molecule has 4 aromatic rings. The van der Waals surface area contributed by atoms with Gasteiger partial charge in [-0.3, -0.25) is 4.57 Å². The summed E-state index contributed by atoms with van der Waals surface area (Å²) in [6, 6.07) is 17.8. The standard InChI is InChI=1S/C28H28N6O2S/c1-37(35,36)33-28(16-6-17-28)20-10-12-21(13-11-20)34-26(22-9-5-18-30-25(22)29)32-24-15-14-23(31-27(24)34)19-7-3-2-4-8-19/h2-5,7-10,12,14-15,18,33H,6,11,13,16-17H2,1H3,(H2,29,30). The number of nitrogens with two attached hydrogens (primary N) is 1. The fourth-order valence-corrected chi connectivity index (χ4v) is 6.42. The molecule has 1 fully saturated rings. The van der Waals surface area contributed by atoms with E-state index in [9.17, 15) is 8.42 Å². The second-order valence-corrected chi connectivity index (χ2v) is 11.5. The molecule has 0 aliphatic heterocycles. The van der Waals surface area contributed by atoms with Gasteiger partial charge in [-0.05, 0) is 68.0 Å². The molecule has 0 spiro atoms. The predicted octanol–water partition coefficient (Wildman–Crippen LogP) is 4.78. The highest BCUT2D eigenvalue weighted by atomic mass is 32.2. The lowest BCUT2D eigenvalue weighted by Crippen LogP contribution is -2.54. The molecule has 0 radical (unpaired) electrons. The molecule has 0 amide bonds. The average Bonchev–Trinajstić information content (AvgIpc) is 3.25. The summed E-state index contributed by atoms with van der Waals surface area (Å²) in [7, 11) is -3.31. The summed E-state index contributed by atoms with van der Waals surface area (Å²) < 4.78 is 29.1. The summed E-state index contributed by atoms with van der Waals surface area (Å²) in [5.74, 6) is 1.09. The van der Waals surface area contributed by atoms with E-state index in [1.54, 1.807) is 6.20 Å². The Morgan fingerprint density at radius 3 is 2.43 bits per heavy atom. The molecule has 0 saturated heterocycles. The van der Waals surface area contributed by atoms with Crippen LogP contribution in [0.5, 0.6) is 0 Å². The predicted molar refractivity (Wildman–Crippen MR) is 147 cm³/mol. The Balaban J connectivity index is 1.50. The number of sulfonamides is 1. The zero-order chi connectivity index (χ0) is 25.6. The van der Waals surface area contributed by atoms with Crippen LogP contribution in [0.4, 0.5) is 5.82 Å². The van der Waals surface area contributed by atoms with Gasteiger partial charge in [0, 0.05) is 17.5 Å². The zero-order valence-electron chi connectivity index (χ0n) is 20.6. The van der Waals surface area contributed by atoms with Gasteiger partial charge < -0.3 is 5.73 Å². The number of anilines is 1.